The van der Waals surface area contributed by atoms with Crippen molar-refractivity contribution in [1.82, 2.24) is 10.3 Å². The molecular weight excluding hydrogens is 380 g/mol. The Balaban J connectivity index is 1.45. The SMILES string of the molecule is COc1ccc(/C(C)=N\NC(=O)CCN2CCN(c3ccccc3)CC2)c(OC)c1. The number of carbonyl (C=O) groups is 1. The molecule has 2 aromatic carbocycles. The van der Waals surface area contributed by atoms with E-state index in [1.807, 2.05) is 25.1 Å². The number of hydrogen-bond donors (Lipinski definition) is 1. The third kappa shape index (κ3) is 5.73. The van der Waals surface area contributed by atoms with Crippen molar-refractivity contribution in [3.8, 4) is 11.5 Å². The van der Waals surface area contributed by atoms with Gasteiger partial charge < -0.3 is 14.4 Å². The first-order chi connectivity index (χ1) is 14.6. The number of rotatable bonds is 8. The topological polar surface area (TPSA) is 66.4 Å². The van der Waals surface area contributed by atoms with Crippen LogP contribution in [0.25, 0.3) is 0 Å². The molecule has 0 saturated carbocycles. The van der Waals surface area contributed by atoms with Crippen LogP contribution in [0.5, 0.6) is 11.5 Å². The summed E-state index contributed by atoms with van der Waals surface area (Å²) >= 11 is 0. The standard InChI is InChI=1S/C23H30N4O3/c1-18(21-10-9-20(29-2)17-22(21)30-3)24-25-23(28)11-12-26-13-15-27(16-14-26)19-7-5-4-6-8-19/h4-10,17H,11-16H2,1-3H3,(H,25,28)/b24-18-. The summed E-state index contributed by atoms with van der Waals surface area (Å²) in [5.41, 5.74) is 5.41. The summed E-state index contributed by atoms with van der Waals surface area (Å²) < 4.78 is 10.6. The molecule has 0 bridgehead atoms. The summed E-state index contributed by atoms with van der Waals surface area (Å²) in [4.78, 5) is 17.0. The van der Waals surface area contributed by atoms with E-state index in [1.165, 1.54) is 5.69 Å². The van der Waals surface area contributed by atoms with Crippen molar-refractivity contribution in [3.63, 3.8) is 0 Å². The van der Waals surface area contributed by atoms with Crippen molar-refractivity contribution in [1.29, 1.82) is 0 Å². The third-order valence-corrected chi connectivity index (χ3v) is 5.30. The van der Waals surface area contributed by atoms with Gasteiger partial charge in [0.15, 0.2) is 0 Å². The maximum atomic E-state index is 12.3. The zero-order valence-corrected chi connectivity index (χ0v) is 17.9. The lowest BCUT2D eigenvalue weighted by Gasteiger charge is -2.36. The maximum Gasteiger partial charge on any atom is 0.241 e. The molecule has 7 heteroatoms. The Morgan fingerprint density at radius 1 is 1.03 bits per heavy atom. The summed E-state index contributed by atoms with van der Waals surface area (Å²) in [7, 11) is 3.21. The number of methoxy groups -OCH3 is 2. The highest BCUT2D eigenvalue weighted by atomic mass is 16.5. The highest BCUT2D eigenvalue weighted by molar-refractivity contribution is 6.01. The molecule has 0 unspecified atom stereocenters. The van der Waals surface area contributed by atoms with Crippen LogP contribution in [0.4, 0.5) is 5.69 Å². The molecule has 0 aromatic heterocycles. The van der Waals surface area contributed by atoms with Crippen molar-refractivity contribution >= 4 is 17.3 Å². The molecule has 1 fully saturated rings. The minimum atomic E-state index is -0.0904. The van der Waals surface area contributed by atoms with Crippen LogP contribution in [-0.4, -0.2) is 63.5 Å². The van der Waals surface area contributed by atoms with Crippen LogP contribution in [0.1, 0.15) is 18.9 Å². The van der Waals surface area contributed by atoms with E-state index in [4.69, 9.17) is 9.47 Å². The van der Waals surface area contributed by atoms with Crippen LogP contribution in [0, 0.1) is 0 Å². The second-order valence-electron chi connectivity index (χ2n) is 7.21. The Morgan fingerprint density at radius 2 is 1.77 bits per heavy atom. The lowest BCUT2D eigenvalue weighted by molar-refractivity contribution is -0.121. The van der Waals surface area contributed by atoms with Crippen LogP contribution in [0.15, 0.2) is 53.6 Å². The molecule has 160 valence electrons. The number of ether oxygens (including phenoxy) is 2. The summed E-state index contributed by atoms with van der Waals surface area (Å²) in [6.07, 6.45) is 0.419. The number of amides is 1. The zero-order valence-electron chi connectivity index (χ0n) is 17.9. The quantitative estimate of drug-likeness (QED) is 0.535. The molecule has 1 heterocycles. The van der Waals surface area contributed by atoms with Gasteiger partial charge in [-0.05, 0) is 31.2 Å². The van der Waals surface area contributed by atoms with Gasteiger partial charge in [-0.25, -0.2) is 5.43 Å². The van der Waals surface area contributed by atoms with Crippen molar-refractivity contribution in [2.45, 2.75) is 13.3 Å². The molecule has 2 aromatic rings. The van der Waals surface area contributed by atoms with Gasteiger partial charge in [-0.1, -0.05) is 18.2 Å². The number of anilines is 1. The monoisotopic (exact) mass is 410 g/mol. The van der Waals surface area contributed by atoms with Crippen LogP contribution in [0.2, 0.25) is 0 Å². The zero-order chi connectivity index (χ0) is 21.3. The summed E-state index contributed by atoms with van der Waals surface area (Å²) in [5.74, 6) is 1.27. The van der Waals surface area contributed by atoms with Gasteiger partial charge in [0.25, 0.3) is 0 Å². The number of piperazine rings is 1. The van der Waals surface area contributed by atoms with E-state index >= 15 is 0 Å². The van der Waals surface area contributed by atoms with Crippen LogP contribution in [-0.2, 0) is 4.79 Å². The minimum absolute atomic E-state index is 0.0904. The molecule has 0 spiro atoms. The Kier molecular flexibility index (Phi) is 7.68. The summed E-state index contributed by atoms with van der Waals surface area (Å²) in [6.45, 7) is 6.42. The van der Waals surface area contributed by atoms with Gasteiger partial charge in [0.1, 0.15) is 11.5 Å². The normalized spacial score (nSPS) is 15.0. The fraction of sp³-hybridized carbons (Fsp3) is 0.391. The largest absolute Gasteiger partial charge is 0.497 e. The van der Waals surface area contributed by atoms with Crippen molar-refractivity contribution < 1.29 is 14.3 Å². The Morgan fingerprint density at radius 3 is 2.43 bits per heavy atom. The minimum Gasteiger partial charge on any atom is -0.497 e. The fourth-order valence-corrected chi connectivity index (χ4v) is 3.49. The van der Waals surface area contributed by atoms with Crippen molar-refractivity contribution in [2.75, 3.05) is 51.8 Å². The van der Waals surface area contributed by atoms with E-state index in [0.717, 1.165) is 38.3 Å². The predicted molar refractivity (Wildman–Crippen MR) is 120 cm³/mol. The van der Waals surface area contributed by atoms with E-state index in [9.17, 15) is 4.79 Å². The Bertz CT molecular complexity index is 862. The average Bonchev–Trinajstić information content (AvgIpc) is 2.81. The molecule has 7 nitrogen and oxygen atoms in total. The molecule has 0 aliphatic carbocycles. The third-order valence-electron chi connectivity index (χ3n) is 5.30. The van der Waals surface area contributed by atoms with Gasteiger partial charge in [0, 0.05) is 56.5 Å². The molecule has 0 radical (unpaired) electrons. The van der Waals surface area contributed by atoms with E-state index in [1.54, 1.807) is 20.3 Å². The molecule has 3 rings (SSSR count). The van der Waals surface area contributed by atoms with Gasteiger partial charge >= 0.3 is 0 Å². The number of nitrogens with zero attached hydrogens (tertiary/aromatic N) is 3. The first kappa shape index (κ1) is 21.6. The van der Waals surface area contributed by atoms with Crippen molar-refractivity contribution in [2.24, 2.45) is 5.10 Å². The van der Waals surface area contributed by atoms with Gasteiger partial charge in [0.05, 0.1) is 19.9 Å². The maximum absolute atomic E-state index is 12.3. The van der Waals surface area contributed by atoms with Gasteiger partial charge in [-0.15, -0.1) is 0 Å². The highest BCUT2D eigenvalue weighted by Gasteiger charge is 2.17. The second-order valence-corrected chi connectivity index (χ2v) is 7.21. The van der Waals surface area contributed by atoms with Crippen molar-refractivity contribution in [3.05, 3.63) is 54.1 Å². The number of carbonyl (C=O) groups excluding carboxylic acids is 1. The smallest absolute Gasteiger partial charge is 0.241 e. The van der Waals surface area contributed by atoms with Crippen LogP contribution in [0.3, 0.4) is 0 Å². The number of hydrogen-bond acceptors (Lipinski definition) is 6. The van der Waals surface area contributed by atoms with E-state index < -0.39 is 0 Å². The number of hydrazone groups is 1. The Labute approximate surface area is 178 Å². The van der Waals surface area contributed by atoms with Crippen LogP contribution >= 0.6 is 0 Å². The first-order valence-electron chi connectivity index (χ1n) is 10.2. The predicted octanol–water partition coefficient (Wildman–Crippen LogP) is 2.76. The van der Waals surface area contributed by atoms with E-state index in [-0.39, 0.29) is 5.91 Å². The van der Waals surface area contributed by atoms with Gasteiger partial charge in [-0.3, -0.25) is 9.69 Å². The van der Waals surface area contributed by atoms with E-state index in [2.05, 4.69) is 44.6 Å². The highest BCUT2D eigenvalue weighted by Crippen LogP contribution is 2.25. The fourth-order valence-electron chi connectivity index (χ4n) is 3.49. The Hall–Kier alpha value is -3.06. The number of nitrogens with one attached hydrogen (secondary N) is 1. The molecule has 1 N–H and O–H groups in total. The van der Waals surface area contributed by atoms with Crippen LogP contribution < -0.4 is 19.8 Å². The molecule has 1 amide bonds. The van der Waals surface area contributed by atoms with Gasteiger partial charge in [0.2, 0.25) is 5.91 Å². The number of benzene rings is 2. The average molecular weight is 411 g/mol. The van der Waals surface area contributed by atoms with Gasteiger partial charge in [-0.2, -0.15) is 5.10 Å². The molecule has 1 aliphatic rings. The molecule has 1 saturated heterocycles. The summed E-state index contributed by atoms with van der Waals surface area (Å²) in [5, 5.41) is 4.24. The molecule has 30 heavy (non-hydrogen) atoms. The van der Waals surface area contributed by atoms with E-state index in [0.29, 0.717) is 23.6 Å². The lowest BCUT2D eigenvalue weighted by atomic mass is 10.1. The lowest BCUT2D eigenvalue weighted by Crippen LogP contribution is -2.47. The molecule has 0 atom stereocenters. The second kappa shape index (κ2) is 10.6. The summed E-state index contributed by atoms with van der Waals surface area (Å²) in [6, 6.07) is 16.0. The molecule has 1 aliphatic heterocycles. The first-order valence-corrected chi connectivity index (χ1v) is 10.2. The molecular formula is C23H30N4O3. The number of para-hydroxylation sites is 1.